The molecule has 1 aliphatic rings. The molecule has 144 valence electrons. The van der Waals surface area contributed by atoms with E-state index in [2.05, 4.69) is 37.1 Å². The second-order valence-electron chi connectivity index (χ2n) is 7.99. The first-order valence-corrected chi connectivity index (χ1v) is 9.46. The zero-order valence-corrected chi connectivity index (χ0v) is 16.3. The minimum Gasteiger partial charge on any atom is -0.376 e. The van der Waals surface area contributed by atoms with Gasteiger partial charge in [0.15, 0.2) is 0 Å². The van der Waals surface area contributed by atoms with Crippen LogP contribution >= 0.6 is 0 Å². The lowest BCUT2D eigenvalue weighted by molar-refractivity contribution is -0.129. The van der Waals surface area contributed by atoms with Crippen LogP contribution < -0.4 is 10.2 Å². The molecular formula is C22H28FN3O. The summed E-state index contributed by atoms with van der Waals surface area (Å²) < 4.78 is 13.1. The van der Waals surface area contributed by atoms with Gasteiger partial charge in [-0.1, -0.05) is 39.0 Å². The fourth-order valence-corrected chi connectivity index (χ4v) is 3.44. The van der Waals surface area contributed by atoms with Gasteiger partial charge in [0.05, 0.1) is 6.54 Å². The molecule has 27 heavy (non-hydrogen) atoms. The molecule has 4 nitrogen and oxygen atoms in total. The number of nitrogens with one attached hydrogen (secondary N) is 1. The molecule has 0 spiro atoms. The lowest BCUT2D eigenvalue weighted by Gasteiger charge is -2.36. The van der Waals surface area contributed by atoms with E-state index < -0.39 is 0 Å². The number of amides is 1. The van der Waals surface area contributed by atoms with Gasteiger partial charge in [0.25, 0.3) is 0 Å². The summed E-state index contributed by atoms with van der Waals surface area (Å²) in [5.74, 6) is -0.119. The van der Waals surface area contributed by atoms with Crippen molar-refractivity contribution in [1.82, 2.24) is 4.90 Å². The Hall–Kier alpha value is -2.56. The Kier molecular flexibility index (Phi) is 5.68. The van der Waals surface area contributed by atoms with Crippen LogP contribution in [0.15, 0.2) is 48.5 Å². The van der Waals surface area contributed by atoms with Gasteiger partial charge in [0.1, 0.15) is 5.82 Å². The number of carbonyl (C=O) groups is 1. The predicted octanol–water partition coefficient (Wildman–Crippen LogP) is 3.88. The summed E-state index contributed by atoms with van der Waals surface area (Å²) in [5.41, 5.74) is 3.25. The second kappa shape index (κ2) is 7.99. The van der Waals surface area contributed by atoms with Crippen LogP contribution in [0.5, 0.6) is 0 Å². The molecule has 0 aromatic heterocycles. The van der Waals surface area contributed by atoms with Crippen LogP contribution in [-0.2, 0) is 10.2 Å². The number of halogens is 1. The Bertz CT molecular complexity index is 775. The van der Waals surface area contributed by atoms with Crippen LogP contribution in [0, 0.1) is 5.82 Å². The summed E-state index contributed by atoms with van der Waals surface area (Å²) in [5, 5.41) is 3.32. The summed E-state index contributed by atoms with van der Waals surface area (Å²) in [6.07, 6.45) is 0. The number of rotatable bonds is 4. The van der Waals surface area contributed by atoms with E-state index in [0.717, 1.165) is 24.5 Å². The average Bonchev–Trinajstić information content (AvgIpc) is 2.66. The van der Waals surface area contributed by atoms with Crippen LogP contribution in [0.25, 0.3) is 0 Å². The van der Waals surface area contributed by atoms with E-state index in [-0.39, 0.29) is 17.1 Å². The summed E-state index contributed by atoms with van der Waals surface area (Å²) in [4.78, 5) is 16.7. The minimum absolute atomic E-state index is 0.0213. The van der Waals surface area contributed by atoms with Gasteiger partial charge in [-0.25, -0.2) is 4.39 Å². The van der Waals surface area contributed by atoms with Crippen molar-refractivity contribution < 1.29 is 9.18 Å². The van der Waals surface area contributed by atoms with Crippen molar-refractivity contribution in [2.24, 2.45) is 0 Å². The largest absolute Gasteiger partial charge is 0.376 e. The van der Waals surface area contributed by atoms with Crippen LogP contribution in [-0.4, -0.2) is 43.5 Å². The van der Waals surface area contributed by atoms with Gasteiger partial charge in [-0.05, 0) is 41.3 Å². The lowest BCUT2D eigenvalue weighted by atomic mass is 9.86. The van der Waals surface area contributed by atoms with Gasteiger partial charge in [-0.15, -0.1) is 0 Å². The molecule has 0 aliphatic carbocycles. The van der Waals surface area contributed by atoms with Crippen molar-refractivity contribution >= 4 is 17.3 Å². The molecule has 0 unspecified atom stereocenters. The zero-order chi connectivity index (χ0) is 19.4. The fourth-order valence-electron chi connectivity index (χ4n) is 3.44. The third kappa shape index (κ3) is 4.79. The van der Waals surface area contributed by atoms with E-state index in [0.29, 0.717) is 19.6 Å². The number of hydrogen-bond acceptors (Lipinski definition) is 3. The highest BCUT2D eigenvalue weighted by Crippen LogP contribution is 2.29. The second-order valence-corrected chi connectivity index (χ2v) is 7.99. The van der Waals surface area contributed by atoms with Crippen molar-refractivity contribution in [2.45, 2.75) is 26.2 Å². The standard InChI is InChI=1S/C22H28FN3O/c1-22(2,3)19-6-4-5-7-20(19)24-16-21(27)26-14-12-25(13-15-26)18-10-8-17(23)9-11-18/h4-11,24H,12-16H2,1-3H3. The molecule has 1 N–H and O–H groups in total. The number of carbonyl (C=O) groups excluding carboxylic acids is 1. The number of benzene rings is 2. The maximum Gasteiger partial charge on any atom is 0.241 e. The van der Waals surface area contributed by atoms with E-state index in [1.807, 2.05) is 23.1 Å². The van der Waals surface area contributed by atoms with E-state index in [1.54, 1.807) is 12.1 Å². The van der Waals surface area contributed by atoms with Gasteiger partial charge < -0.3 is 15.1 Å². The molecule has 0 bridgehead atoms. The molecule has 1 fully saturated rings. The van der Waals surface area contributed by atoms with Crippen LogP contribution in [0.3, 0.4) is 0 Å². The number of nitrogens with zero attached hydrogens (tertiary/aromatic N) is 2. The molecule has 2 aromatic carbocycles. The summed E-state index contributed by atoms with van der Waals surface area (Å²) in [6, 6.07) is 14.7. The summed E-state index contributed by atoms with van der Waals surface area (Å²) in [7, 11) is 0. The molecule has 3 rings (SSSR count). The van der Waals surface area contributed by atoms with Crippen molar-refractivity contribution in [1.29, 1.82) is 0 Å². The normalized spacial score (nSPS) is 15.0. The molecule has 0 saturated carbocycles. The quantitative estimate of drug-likeness (QED) is 0.888. The molecule has 1 amide bonds. The summed E-state index contributed by atoms with van der Waals surface area (Å²) in [6.45, 7) is 9.69. The number of hydrogen-bond donors (Lipinski definition) is 1. The van der Waals surface area contributed by atoms with Gasteiger partial charge in [0, 0.05) is 37.6 Å². The SMILES string of the molecule is CC(C)(C)c1ccccc1NCC(=O)N1CCN(c2ccc(F)cc2)CC1. The lowest BCUT2D eigenvalue weighted by Crippen LogP contribution is -2.50. The first-order valence-electron chi connectivity index (χ1n) is 9.46. The summed E-state index contributed by atoms with van der Waals surface area (Å²) >= 11 is 0. The van der Waals surface area contributed by atoms with Crippen molar-refractivity contribution in [3.05, 3.63) is 59.9 Å². The van der Waals surface area contributed by atoms with Crippen LogP contribution in [0.4, 0.5) is 15.8 Å². The Balaban J connectivity index is 1.54. The Morgan fingerprint density at radius 2 is 1.63 bits per heavy atom. The third-order valence-electron chi connectivity index (χ3n) is 4.99. The van der Waals surface area contributed by atoms with E-state index in [4.69, 9.17) is 0 Å². The smallest absolute Gasteiger partial charge is 0.241 e. The predicted molar refractivity (Wildman–Crippen MR) is 109 cm³/mol. The highest BCUT2D eigenvalue weighted by Gasteiger charge is 2.22. The first-order chi connectivity index (χ1) is 12.8. The van der Waals surface area contributed by atoms with Gasteiger partial charge >= 0.3 is 0 Å². The van der Waals surface area contributed by atoms with Crippen molar-refractivity contribution in [3.8, 4) is 0 Å². The molecule has 1 heterocycles. The molecule has 1 aliphatic heterocycles. The fraction of sp³-hybridized carbons (Fsp3) is 0.409. The number of anilines is 2. The molecule has 0 radical (unpaired) electrons. The minimum atomic E-state index is -0.228. The highest BCUT2D eigenvalue weighted by molar-refractivity contribution is 5.81. The molecule has 5 heteroatoms. The van der Waals surface area contributed by atoms with Gasteiger partial charge in [0.2, 0.25) is 5.91 Å². The number of piperazine rings is 1. The first kappa shape index (κ1) is 19.2. The van der Waals surface area contributed by atoms with E-state index in [9.17, 15) is 9.18 Å². The molecule has 1 saturated heterocycles. The molecule has 2 aromatic rings. The molecule has 0 atom stereocenters. The zero-order valence-electron chi connectivity index (χ0n) is 16.3. The highest BCUT2D eigenvalue weighted by atomic mass is 19.1. The van der Waals surface area contributed by atoms with Gasteiger partial charge in [-0.3, -0.25) is 4.79 Å². The maximum absolute atomic E-state index is 13.1. The Morgan fingerprint density at radius 1 is 1.00 bits per heavy atom. The van der Waals surface area contributed by atoms with Crippen molar-refractivity contribution in [3.63, 3.8) is 0 Å². The average molecular weight is 369 g/mol. The van der Waals surface area contributed by atoms with Crippen LogP contribution in [0.1, 0.15) is 26.3 Å². The van der Waals surface area contributed by atoms with Crippen molar-refractivity contribution in [2.75, 3.05) is 42.9 Å². The monoisotopic (exact) mass is 369 g/mol. The van der Waals surface area contributed by atoms with Crippen LogP contribution in [0.2, 0.25) is 0 Å². The maximum atomic E-state index is 13.1. The van der Waals surface area contributed by atoms with E-state index in [1.165, 1.54) is 17.7 Å². The number of para-hydroxylation sites is 1. The Morgan fingerprint density at radius 3 is 2.26 bits per heavy atom. The van der Waals surface area contributed by atoms with Gasteiger partial charge in [-0.2, -0.15) is 0 Å². The topological polar surface area (TPSA) is 35.6 Å². The third-order valence-corrected chi connectivity index (χ3v) is 4.99. The molecular weight excluding hydrogens is 341 g/mol. The van der Waals surface area contributed by atoms with E-state index >= 15 is 0 Å². The Labute approximate surface area is 161 Å².